The van der Waals surface area contributed by atoms with Crippen LogP contribution in [0, 0.1) is 0 Å². The molecular weight excluding hydrogens is 423 g/mol. The molecule has 1 aromatic heterocycles. The van der Waals surface area contributed by atoms with E-state index in [1.165, 1.54) is 30.3 Å². The topological polar surface area (TPSA) is 39.9 Å². The average molecular weight is 448 g/mol. The minimum Gasteiger partial charge on any atom is -0.497 e. The van der Waals surface area contributed by atoms with E-state index in [2.05, 4.69) is 14.8 Å². The van der Waals surface area contributed by atoms with E-state index in [1.54, 1.807) is 13.2 Å². The monoisotopic (exact) mass is 447 g/mol. The number of hydrogen-bond acceptors (Lipinski definition) is 4. The summed E-state index contributed by atoms with van der Waals surface area (Å²) in [5.74, 6) is 1.96. The summed E-state index contributed by atoms with van der Waals surface area (Å²) in [6.45, 7) is 0. The molecule has 1 aliphatic rings. The lowest BCUT2D eigenvalue weighted by atomic mass is 9.95. The number of hydrogen-bond donors (Lipinski definition) is 0. The molecule has 1 heterocycles. The van der Waals surface area contributed by atoms with E-state index < -0.39 is 11.7 Å². The highest BCUT2D eigenvalue weighted by atomic mass is 32.2. The van der Waals surface area contributed by atoms with Crippen LogP contribution in [0.25, 0.3) is 11.4 Å². The third-order valence-electron chi connectivity index (χ3n) is 5.57. The summed E-state index contributed by atoms with van der Waals surface area (Å²) in [4.78, 5) is 0. The number of benzene rings is 2. The molecule has 0 N–H and O–H groups in total. The molecule has 3 aromatic rings. The quantitative estimate of drug-likeness (QED) is 0.391. The molecule has 1 aliphatic carbocycles. The minimum atomic E-state index is -4.34. The van der Waals surface area contributed by atoms with Gasteiger partial charge in [0, 0.05) is 17.4 Å². The van der Waals surface area contributed by atoms with E-state index in [4.69, 9.17) is 4.74 Å². The zero-order valence-electron chi connectivity index (χ0n) is 17.2. The number of methoxy groups -OCH3 is 1. The van der Waals surface area contributed by atoms with Crippen molar-refractivity contribution in [2.75, 3.05) is 7.11 Å². The van der Waals surface area contributed by atoms with Crippen LogP contribution in [0.15, 0.2) is 53.7 Å². The first kappa shape index (κ1) is 21.7. The van der Waals surface area contributed by atoms with Gasteiger partial charge in [0.2, 0.25) is 0 Å². The molecule has 1 saturated carbocycles. The first-order chi connectivity index (χ1) is 15.0. The highest BCUT2D eigenvalue weighted by Gasteiger charge is 2.30. The molecule has 0 saturated heterocycles. The van der Waals surface area contributed by atoms with E-state index in [0.717, 1.165) is 54.0 Å². The van der Waals surface area contributed by atoms with Gasteiger partial charge >= 0.3 is 6.18 Å². The van der Waals surface area contributed by atoms with Gasteiger partial charge in [0.1, 0.15) is 5.75 Å². The lowest BCUT2D eigenvalue weighted by molar-refractivity contribution is -0.137. The van der Waals surface area contributed by atoms with Crippen molar-refractivity contribution >= 4 is 11.8 Å². The van der Waals surface area contributed by atoms with Crippen LogP contribution in [0.3, 0.4) is 0 Å². The number of thioether (sulfide) groups is 1. The van der Waals surface area contributed by atoms with Gasteiger partial charge in [0.15, 0.2) is 11.0 Å². The van der Waals surface area contributed by atoms with E-state index in [-0.39, 0.29) is 0 Å². The fourth-order valence-electron chi connectivity index (χ4n) is 3.97. The maximum absolute atomic E-state index is 13.0. The van der Waals surface area contributed by atoms with Crippen molar-refractivity contribution < 1.29 is 17.9 Å². The van der Waals surface area contributed by atoms with E-state index in [1.807, 2.05) is 24.3 Å². The summed E-state index contributed by atoms with van der Waals surface area (Å²) in [7, 11) is 1.63. The first-order valence-corrected chi connectivity index (χ1v) is 11.3. The van der Waals surface area contributed by atoms with Crippen LogP contribution in [-0.2, 0) is 11.9 Å². The molecule has 8 heteroatoms. The second kappa shape index (κ2) is 9.34. The predicted molar refractivity (Wildman–Crippen MR) is 115 cm³/mol. The van der Waals surface area contributed by atoms with Gasteiger partial charge in [-0.2, -0.15) is 13.2 Å². The number of rotatable bonds is 6. The van der Waals surface area contributed by atoms with Crippen molar-refractivity contribution in [1.29, 1.82) is 0 Å². The van der Waals surface area contributed by atoms with Gasteiger partial charge in [-0.15, -0.1) is 10.2 Å². The Kier molecular flexibility index (Phi) is 6.55. The maximum atomic E-state index is 13.0. The van der Waals surface area contributed by atoms with Crippen molar-refractivity contribution in [3.8, 4) is 17.1 Å². The minimum absolute atomic E-state index is 0.296. The molecule has 1 fully saturated rings. The molecule has 0 spiro atoms. The molecule has 2 aromatic carbocycles. The average Bonchev–Trinajstić information content (AvgIpc) is 3.22. The fourth-order valence-corrected chi connectivity index (χ4v) is 4.91. The molecule has 31 heavy (non-hydrogen) atoms. The van der Waals surface area contributed by atoms with E-state index in [0.29, 0.717) is 17.4 Å². The van der Waals surface area contributed by atoms with Gasteiger partial charge in [-0.1, -0.05) is 49.2 Å². The van der Waals surface area contributed by atoms with Crippen molar-refractivity contribution in [1.82, 2.24) is 14.8 Å². The second-order valence-corrected chi connectivity index (χ2v) is 8.63. The Morgan fingerprint density at radius 2 is 1.77 bits per heavy atom. The largest absolute Gasteiger partial charge is 0.497 e. The van der Waals surface area contributed by atoms with Crippen LogP contribution in [0.1, 0.15) is 49.3 Å². The fraction of sp³-hybridized carbons (Fsp3) is 0.391. The molecule has 0 unspecified atom stereocenters. The zero-order chi connectivity index (χ0) is 21.8. The molecule has 4 nitrogen and oxygen atoms in total. The van der Waals surface area contributed by atoms with Crippen LogP contribution in [0.2, 0.25) is 0 Å². The second-order valence-electron chi connectivity index (χ2n) is 7.68. The van der Waals surface area contributed by atoms with Gasteiger partial charge in [0.25, 0.3) is 0 Å². The molecule has 4 rings (SSSR count). The number of nitrogens with zero attached hydrogens (tertiary/aromatic N) is 3. The number of aromatic nitrogens is 3. The summed E-state index contributed by atoms with van der Waals surface area (Å²) in [5, 5.41) is 9.62. The van der Waals surface area contributed by atoms with Crippen LogP contribution in [-0.4, -0.2) is 21.9 Å². The summed E-state index contributed by atoms with van der Waals surface area (Å²) in [6, 6.07) is 13.5. The van der Waals surface area contributed by atoms with Crippen molar-refractivity contribution in [2.24, 2.45) is 0 Å². The van der Waals surface area contributed by atoms with Crippen molar-refractivity contribution in [3.05, 3.63) is 59.7 Å². The Morgan fingerprint density at radius 3 is 2.45 bits per heavy atom. The first-order valence-electron chi connectivity index (χ1n) is 10.3. The van der Waals surface area contributed by atoms with Crippen LogP contribution >= 0.6 is 11.8 Å². The highest BCUT2D eigenvalue weighted by Crippen LogP contribution is 2.37. The molecule has 0 aliphatic heterocycles. The number of alkyl halides is 3. The van der Waals surface area contributed by atoms with Crippen LogP contribution in [0.5, 0.6) is 5.75 Å². The summed E-state index contributed by atoms with van der Waals surface area (Å²) >= 11 is 1.43. The Morgan fingerprint density at radius 1 is 1.03 bits per heavy atom. The predicted octanol–water partition coefficient (Wildman–Crippen LogP) is 6.77. The lowest BCUT2D eigenvalue weighted by Crippen LogP contribution is -2.15. The van der Waals surface area contributed by atoms with Gasteiger partial charge in [-0.05, 0) is 48.7 Å². The lowest BCUT2D eigenvalue weighted by Gasteiger charge is -2.25. The van der Waals surface area contributed by atoms with Gasteiger partial charge < -0.3 is 4.74 Å². The molecule has 0 amide bonds. The number of ether oxygens (including phenoxy) is 1. The number of halogens is 3. The summed E-state index contributed by atoms with van der Waals surface area (Å²) in [5.41, 5.74) is 0.937. The summed E-state index contributed by atoms with van der Waals surface area (Å²) < 4.78 is 46.6. The Bertz CT molecular complexity index is 1010. The van der Waals surface area contributed by atoms with Gasteiger partial charge in [-0.3, -0.25) is 4.57 Å². The Hall–Kier alpha value is -2.48. The third-order valence-corrected chi connectivity index (χ3v) is 6.59. The summed E-state index contributed by atoms with van der Waals surface area (Å²) in [6.07, 6.45) is 1.30. The van der Waals surface area contributed by atoms with Gasteiger partial charge in [-0.25, -0.2) is 0 Å². The van der Waals surface area contributed by atoms with Gasteiger partial charge in [0.05, 0.1) is 12.7 Å². The molecule has 0 atom stereocenters. The molecular formula is C23H24F3N3OS. The van der Waals surface area contributed by atoms with Crippen molar-refractivity contribution in [2.45, 2.75) is 55.2 Å². The highest BCUT2D eigenvalue weighted by molar-refractivity contribution is 7.98. The SMILES string of the molecule is COc1ccc(-c2nnc(SCc3cccc(C(F)(F)F)c3)n2C2CCCCC2)cc1. The van der Waals surface area contributed by atoms with E-state index in [9.17, 15) is 13.2 Å². The zero-order valence-corrected chi connectivity index (χ0v) is 18.0. The van der Waals surface area contributed by atoms with E-state index >= 15 is 0 Å². The standard InChI is InChI=1S/C23H24F3N3OS/c1-30-20-12-10-17(11-13-20)21-27-28-22(29(21)19-8-3-2-4-9-19)31-15-16-6-5-7-18(14-16)23(24,25)26/h5-7,10-14,19H,2-4,8-9,15H2,1H3. The molecule has 0 radical (unpaired) electrons. The maximum Gasteiger partial charge on any atom is 0.416 e. The molecule has 164 valence electrons. The van der Waals surface area contributed by atoms with Crippen LogP contribution < -0.4 is 4.74 Å². The third kappa shape index (κ3) is 5.06. The van der Waals surface area contributed by atoms with Crippen molar-refractivity contribution in [3.63, 3.8) is 0 Å². The molecule has 0 bridgehead atoms. The Labute approximate surface area is 183 Å². The Balaban J connectivity index is 1.62. The van der Waals surface area contributed by atoms with Crippen LogP contribution in [0.4, 0.5) is 13.2 Å². The smallest absolute Gasteiger partial charge is 0.416 e. The normalized spacial score (nSPS) is 15.2.